The molecule has 3 heterocycles. The molecule has 7 nitrogen and oxygen atoms in total. The molecule has 0 aliphatic carbocycles. The van der Waals surface area contributed by atoms with Crippen LogP contribution in [0.4, 0.5) is 0 Å². The monoisotopic (exact) mass is 395 g/mol. The molecular formula is C22H29N5O2. The summed E-state index contributed by atoms with van der Waals surface area (Å²) >= 11 is 0. The largest absolute Gasteiger partial charge is 0.343 e. The van der Waals surface area contributed by atoms with Crippen molar-refractivity contribution in [1.82, 2.24) is 24.7 Å². The molecule has 7 heteroatoms. The fourth-order valence-corrected chi connectivity index (χ4v) is 4.13. The fraction of sp³-hybridized carbons (Fsp3) is 0.500. The Labute approximate surface area is 171 Å². The van der Waals surface area contributed by atoms with Crippen LogP contribution in [-0.2, 0) is 13.0 Å². The molecule has 1 aromatic carbocycles. The van der Waals surface area contributed by atoms with E-state index >= 15 is 0 Å². The first-order valence-electron chi connectivity index (χ1n) is 10.5. The Morgan fingerprint density at radius 3 is 2.48 bits per heavy atom. The van der Waals surface area contributed by atoms with Gasteiger partial charge in [0.05, 0.1) is 11.7 Å². The molecule has 2 aliphatic heterocycles. The predicted octanol–water partition coefficient (Wildman–Crippen LogP) is 2.10. The van der Waals surface area contributed by atoms with Crippen molar-refractivity contribution in [3.05, 3.63) is 53.1 Å². The van der Waals surface area contributed by atoms with E-state index in [0.717, 1.165) is 50.2 Å². The van der Waals surface area contributed by atoms with Gasteiger partial charge in [-0.3, -0.25) is 9.59 Å². The molecule has 1 atom stereocenters. The lowest BCUT2D eigenvalue weighted by molar-refractivity contribution is 0.0657. The van der Waals surface area contributed by atoms with Gasteiger partial charge in [0.2, 0.25) is 0 Å². The zero-order valence-corrected chi connectivity index (χ0v) is 17.2. The fourth-order valence-electron chi connectivity index (χ4n) is 4.13. The summed E-state index contributed by atoms with van der Waals surface area (Å²) in [6, 6.07) is 9.74. The molecule has 2 aromatic rings. The van der Waals surface area contributed by atoms with E-state index in [1.54, 1.807) is 0 Å². The van der Waals surface area contributed by atoms with Crippen LogP contribution in [0.25, 0.3) is 0 Å². The van der Waals surface area contributed by atoms with Gasteiger partial charge in [0.1, 0.15) is 5.69 Å². The van der Waals surface area contributed by atoms with Crippen molar-refractivity contribution >= 4 is 11.8 Å². The van der Waals surface area contributed by atoms with Crippen molar-refractivity contribution < 1.29 is 9.59 Å². The molecule has 154 valence electrons. The Balaban J connectivity index is 1.57. The minimum Gasteiger partial charge on any atom is -0.343 e. The average Bonchev–Trinajstić information content (AvgIpc) is 3.14. The smallest absolute Gasteiger partial charge is 0.287 e. The van der Waals surface area contributed by atoms with E-state index in [2.05, 4.69) is 22.2 Å². The number of nitrogens with one attached hydrogen (secondary N) is 1. The minimum absolute atomic E-state index is 0.0427. The number of aromatic nitrogens is 2. The Morgan fingerprint density at radius 1 is 1.03 bits per heavy atom. The topological polar surface area (TPSA) is 70.5 Å². The number of amides is 2. The second-order valence-electron chi connectivity index (χ2n) is 8.04. The lowest BCUT2D eigenvalue weighted by Gasteiger charge is -2.32. The highest BCUT2D eigenvalue weighted by Crippen LogP contribution is 2.23. The molecule has 0 radical (unpaired) electrons. The standard InChI is InChI=1S/C22H29N5O2/c1-16(17-8-4-3-5-9-17)23-21(28)20-24-19(18-10-6-7-11-27(18)20)22(29)26-14-12-25(2)13-15-26/h3-5,8-9,16H,6-7,10-15H2,1-2H3,(H,23,28). The van der Waals surface area contributed by atoms with Gasteiger partial charge < -0.3 is 19.7 Å². The van der Waals surface area contributed by atoms with E-state index in [-0.39, 0.29) is 17.9 Å². The molecule has 0 bridgehead atoms. The highest BCUT2D eigenvalue weighted by atomic mass is 16.2. The van der Waals surface area contributed by atoms with Gasteiger partial charge in [0.15, 0.2) is 5.82 Å². The van der Waals surface area contributed by atoms with Crippen LogP contribution in [0, 0.1) is 0 Å². The molecular weight excluding hydrogens is 366 g/mol. The zero-order valence-electron chi connectivity index (χ0n) is 17.2. The van der Waals surface area contributed by atoms with E-state index in [4.69, 9.17) is 0 Å². The molecule has 0 saturated carbocycles. The van der Waals surface area contributed by atoms with Crippen molar-refractivity contribution in [2.24, 2.45) is 0 Å². The van der Waals surface area contributed by atoms with Gasteiger partial charge in [-0.05, 0) is 38.8 Å². The number of imidazole rings is 1. The minimum atomic E-state index is -0.220. The predicted molar refractivity (Wildman–Crippen MR) is 111 cm³/mol. The molecule has 2 amide bonds. The summed E-state index contributed by atoms with van der Waals surface area (Å²) in [5, 5.41) is 3.05. The summed E-state index contributed by atoms with van der Waals surface area (Å²) in [4.78, 5) is 34.9. The third-order valence-corrected chi connectivity index (χ3v) is 5.96. The number of likely N-dealkylation sites (N-methyl/N-ethyl adjacent to an activating group) is 1. The molecule has 4 rings (SSSR count). The second kappa shape index (κ2) is 8.37. The van der Waals surface area contributed by atoms with Crippen LogP contribution in [0.3, 0.4) is 0 Å². The van der Waals surface area contributed by atoms with Crippen LogP contribution in [0.2, 0.25) is 0 Å². The maximum absolute atomic E-state index is 13.2. The zero-order chi connectivity index (χ0) is 20.4. The SMILES string of the molecule is CC(NC(=O)c1nc(C(=O)N2CCN(C)CC2)c2n1CCCC2)c1ccccc1. The van der Waals surface area contributed by atoms with Crippen LogP contribution < -0.4 is 5.32 Å². The Kier molecular flexibility index (Phi) is 5.67. The lowest BCUT2D eigenvalue weighted by atomic mass is 10.1. The average molecular weight is 396 g/mol. The van der Waals surface area contributed by atoms with Gasteiger partial charge in [-0.1, -0.05) is 30.3 Å². The number of piperazine rings is 1. The van der Waals surface area contributed by atoms with E-state index in [9.17, 15) is 9.59 Å². The number of benzene rings is 1. The highest BCUT2D eigenvalue weighted by Gasteiger charge is 2.31. The number of nitrogens with zero attached hydrogens (tertiary/aromatic N) is 4. The van der Waals surface area contributed by atoms with Crippen LogP contribution in [0.5, 0.6) is 0 Å². The number of hydrogen-bond acceptors (Lipinski definition) is 4. The van der Waals surface area contributed by atoms with Gasteiger partial charge in [-0.25, -0.2) is 4.98 Å². The van der Waals surface area contributed by atoms with Crippen molar-refractivity contribution in [3.8, 4) is 0 Å². The Bertz CT molecular complexity index is 884. The van der Waals surface area contributed by atoms with Crippen molar-refractivity contribution in [2.75, 3.05) is 33.2 Å². The number of carbonyl (C=O) groups is 2. The summed E-state index contributed by atoms with van der Waals surface area (Å²) in [5.41, 5.74) is 2.42. The quantitative estimate of drug-likeness (QED) is 0.861. The lowest BCUT2D eigenvalue weighted by Crippen LogP contribution is -2.47. The maximum atomic E-state index is 13.2. The first kappa shape index (κ1) is 19.6. The maximum Gasteiger partial charge on any atom is 0.287 e. The van der Waals surface area contributed by atoms with Gasteiger partial charge in [0.25, 0.3) is 11.8 Å². The molecule has 2 aliphatic rings. The molecule has 29 heavy (non-hydrogen) atoms. The molecule has 0 spiro atoms. The van der Waals surface area contributed by atoms with E-state index in [1.807, 2.05) is 46.7 Å². The molecule has 1 fully saturated rings. The number of hydrogen-bond donors (Lipinski definition) is 1. The first-order valence-corrected chi connectivity index (χ1v) is 10.5. The summed E-state index contributed by atoms with van der Waals surface area (Å²) in [6.07, 6.45) is 2.82. The molecule has 1 saturated heterocycles. The van der Waals surface area contributed by atoms with E-state index in [1.165, 1.54) is 0 Å². The van der Waals surface area contributed by atoms with Crippen LogP contribution in [0.15, 0.2) is 30.3 Å². The summed E-state index contributed by atoms with van der Waals surface area (Å²) in [7, 11) is 2.07. The normalized spacial score (nSPS) is 18.2. The molecule has 1 aromatic heterocycles. The van der Waals surface area contributed by atoms with Gasteiger partial charge >= 0.3 is 0 Å². The van der Waals surface area contributed by atoms with Crippen molar-refractivity contribution in [2.45, 2.75) is 38.8 Å². The third-order valence-electron chi connectivity index (χ3n) is 5.96. The number of carbonyl (C=O) groups excluding carboxylic acids is 2. The van der Waals surface area contributed by atoms with Gasteiger partial charge in [-0.15, -0.1) is 0 Å². The highest BCUT2D eigenvalue weighted by molar-refractivity contribution is 5.97. The molecule has 1 unspecified atom stereocenters. The Morgan fingerprint density at radius 2 is 1.76 bits per heavy atom. The molecule has 1 N–H and O–H groups in total. The van der Waals surface area contributed by atoms with Crippen LogP contribution in [0.1, 0.15) is 58.2 Å². The van der Waals surface area contributed by atoms with Crippen molar-refractivity contribution in [1.29, 1.82) is 0 Å². The summed E-state index contributed by atoms with van der Waals surface area (Å²) in [5.74, 6) is 0.0980. The first-order chi connectivity index (χ1) is 14.0. The summed E-state index contributed by atoms with van der Waals surface area (Å²) in [6.45, 7) is 5.83. The number of fused-ring (bicyclic) bond motifs is 1. The van der Waals surface area contributed by atoms with Crippen LogP contribution in [-0.4, -0.2) is 64.4 Å². The third kappa shape index (κ3) is 4.05. The van der Waals surface area contributed by atoms with Gasteiger partial charge in [0, 0.05) is 32.7 Å². The van der Waals surface area contributed by atoms with Crippen molar-refractivity contribution in [3.63, 3.8) is 0 Å². The van der Waals surface area contributed by atoms with Gasteiger partial charge in [-0.2, -0.15) is 0 Å². The van der Waals surface area contributed by atoms with E-state index < -0.39 is 0 Å². The Hall–Kier alpha value is -2.67. The second-order valence-corrected chi connectivity index (χ2v) is 8.04. The number of rotatable bonds is 4. The summed E-state index contributed by atoms with van der Waals surface area (Å²) < 4.78 is 1.96. The van der Waals surface area contributed by atoms with Crippen LogP contribution >= 0.6 is 0 Å². The van der Waals surface area contributed by atoms with E-state index in [0.29, 0.717) is 24.6 Å².